The van der Waals surface area contributed by atoms with Gasteiger partial charge in [-0.1, -0.05) is 6.07 Å². The summed E-state index contributed by atoms with van der Waals surface area (Å²) < 4.78 is 58.1. The predicted octanol–water partition coefficient (Wildman–Crippen LogP) is 2.31. The lowest BCUT2D eigenvalue weighted by Crippen LogP contribution is -2.46. The predicted molar refractivity (Wildman–Crippen MR) is 89.1 cm³/mol. The van der Waals surface area contributed by atoms with Crippen LogP contribution >= 0.6 is 0 Å². The van der Waals surface area contributed by atoms with Gasteiger partial charge >= 0.3 is 0 Å². The molecular weight excluding hydrogens is 309 g/mol. The van der Waals surface area contributed by atoms with E-state index in [0.717, 1.165) is 0 Å². The van der Waals surface area contributed by atoms with Crippen LogP contribution < -0.4 is 14.4 Å². The van der Waals surface area contributed by atoms with E-state index in [2.05, 4.69) is 4.98 Å². The third-order valence-electron chi connectivity index (χ3n) is 3.94. The molecular formula is C18H20FN3O2. The van der Waals surface area contributed by atoms with Crippen molar-refractivity contribution in [2.75, 3.05) is 44.2 Å². The maximum atomic E-state index is 13.0. The fraction of sp³-hybridized carbons (Fsp3) is 0.389. The van der Waals surface area contributed by atoms with E-state index in [1.807, 2.05) is 0 Å². The Morgan fingerprint density at radius 3 is 2.79 bits per heavy atom. The number of fused-ring (bicyclic) bond motifs is 1. The molecule has 0 atom stereocenters. The number of benzene rings is 1. The smallest absolute Gasteiger partial charge is 0.212 e. The molecule has 2 aromatic rings. The van der Waals surface area contributed by atoms with E-state index in [1.165, 1.54) is 28.1 Å². The van der Waals surface area contributed by atoms with Crippen LogP contribution in [-0.4, -0.2) is 49.2 Å². The topological polar surface area (TPSA) is 37.8 Å². The van der Waals surface area contributed by atoms with Crippen molar-refractivity contribution in [3.63, 3.8) is 0 Å². The van der Waals surface area contributed by atoms with Gasteiger partial charge in [0, 0.05) is 53.3 Å². The Morgan fingerprint density at radius 1 is 1.08 bits per heavy atom. The molecule has 4 rings (SSSR count). The van der Waals surface area contributed by atoms with Gasteiger partial charge in [0.25, 0.3) is 0 Å². The first-order valence-electron chi connectivity index (χ1n) is 9.82. The van der Waals surface area contributed by atoms with Crippen LogP contribution in [-0.2, 0) is 6.54 Å². The third-order valence-corrected chi connectivity index (χ3v) is 3.94. The minimum Gasteiger partial charge on any atom is -0.486 e. The highest BCUT2D eigenvalue weighted by Crippen LogP contribution is 2.34. The first kappa shape index (κ1) is 11.3. The molecule has 0 aliphatic carbocycles. The van der Waals surface area contributed by atoms with Crippen molar-refractivity contribution in [3.8, 4) is 11.5 Å². The highest BCUT2D eigenvalue weighted by Gasteiger charge is 2.20. The monoisotopic (exact) mass is 333 g/mol. The molecule has 0 unspecified atom stereocenters. The molecule has 3 heterocycles. The highest BCUT2D eigenvalue weighted by atomic mass is 19.1. The molecule has 1 fully saturated rings. The number of rotatable bonds is 3. The normalized spacial score (nSPS) is 24.5. The van der Waals surface area contributed by atoms with E-state index in [1.54, 1.807) is 18.2 Å². The lowest BCUT2D eigenvalue weighted by molar-refractivity contribution is 0.171. The van der Waals surface area contributed by atoms with Gasteiger partial charge in [0.1, 0.15) is 13.2 Å². The number of nitrogens with zero attached hydrogens (tertiary/aromatic N) is 3. The van der Waals surface area contributed by atoms with Crippen molar-refractivity contribution < 1.29 is 19.3 Å². The second kappa shape index (κ2) is 6.65. The maximum Gasteiger partial charge on any atom is 0.212 e. The van der Waals surface area contributed by atoms with E-state index < -0.39 is 18.9 Å². The van der Waals surface area contributed by atoms with Crippen LogP contribution in [0.25, 0.3) is 0 Å². The van der Waals surface area contributed by atoms with Crippen molar-refractivity contribution in [1.82, 2.24) is 9.88 Å². The Labute approximate surface area is 146 Å². The zero-order valence-electron chi connectivity index (χ0n) is 17.0. The van der Waals surface area contributed by atoms with E-state index in [4.69, 9.17) is 15.0 Å². The molecule has 0 bridgehead atoms. The zero-order chi connectivity index (χ0) is 19.9. The number of aromatic nitrogens is 1. The van der Waals surface area contributed by atoms with Crippen LogP contribution in [0.2, 0.25) is 0 Å². The Balaban J connectivity index is 1.59. The van der Waals surface area contributed by atoms with E-state index in [0.29, 0.717) is 42.5 Å². The quantitative estimate of drug-likeness (QED) is 0.806. The van der Waals surface area contributed by atoms with Gasteiger partial charge in [-0.25, -0.2) is 4.98 Å². The zero-order valence-corrected chi connectivity index (χ0v) is 13.0. The molecule has 1 aromatic heterocycles. The molecule has 5 nitrogen and oxygen atoms in total. The molecule has 2 aliphatic heterocycles. The molecule has 0 N–H and O–H groups in total. The molecule has 1 aromatic carbocycles. The maximum absolute atomic E-state index is 13.0. The van der Waals surface area contributed by atoms with E-state index >= 15 is 0 Å². The van der Waals surface area contributed by atoms with Gasteiger partial charge in [0.05, 0.1) is 2.74 Å². The molecule has 24 heavy (non-hydrogen) atoms. The lowest BCUT2D eigenvalue weighted by atomic mass is 10.2. The first-order chi connectivity index (χ1) is 13.3. The summed E-state index contributed by atoms with van der Waals surface area (Å²) in [4.78, 5) is 6.41. The van der Waals surface area contributed by atoms with E-state index in [9.17, 15) is 4.39 Å². The Morgan fingerprint density at radius 2 is 1.96 bits per heavy atom. The van der Waals surface area contributed by atoms with Crippen molar-refractivity contribution in [2.45, 2.75) is 6.54 Å². The summed E-state index contributed by atoms with van der Waals surface area (Å²) in [7, 11) is 0. The standard InChI is InChI=1S/C18H20FN3O2/c19-18-4-1-14(12-20-18)13-21-5-7-22(8-6-21)15-2-3-16-17(11-15)24-10-9-23-16/h1-4,11-12H,5-10,13H2/i5D2,7D2. The number of hydrogen-bond acceptors (Lipinski definition) is 5. The van der Waals surface area contributed by atoms with Gasteiger partial charge in [-0.3, -0.25) is 4.90 Å². The fourth-order valence-corrected chi connectivity index (χ4v) is 2.70. The van der Waals surface area contributed by atoms with Gasteiger partial charge < -0.3 is 14.4 Å². The summed E-state index contributed by atoms with van der Waals surface area (Å²) in [5, 5.41) is 0. The Bertz CT molecular complexity index is 866. The second-order valence-corrected chi connectivity index (χ2v) is 5.61. The minimum absolute atomic E-state index is 0.134. The number of anilines is 1. The molecule has 0 spiro atoms. The summed E-state index contributed by atoms with van der Waals surface area (Å²) in [6.07, 6.45) is 1.34. The van der Waals surface area contributed by atoms with Gasteiger partial charge in [-0.15, -0.1) is 0 Å². The SMILES string of the molecule is [2H]C1([2H])N(Cc2ccc(F)nc2)CCN(c2ccc3c(c2)OCCO3)C1([2H])[2H]. The lowest BCUT2D eigenvalue weighted by Gasteiger charge is -2.36. The van der Waals surface area contributed by atoms with Crippen LogP contribution in [0.15, 0.2) is 36.5 Å². The Hall–Kier alpha value is -2.34. The number of pyridine rings is 1. The van der Waals surface area contributed by atoms with Crippen LogP contribution in [0.4, 0.5) is 10.1 Å². The summed E-state index contributed by atoms with van der Waals surface area (Å²) in [6.45, 7) is -3.00. The van der Waals surface area contributed by atoms with Gasteiger partial charge in [0.2, 0.25) is 5.95 Å². The number of ether oxygens (including phenoxy) is 2. The van der Waals surface area contributed by atoms with Gasteiger partial charge in [-0.2, -0.15) is 4.39 Å². The van der Waals surface area contributed by atoms with Gasteiger partial charge in [-0.05, 0) is 23.8 Å². The second-order valence-electron chi connectivity index (χ2n) is 5.61. The van der Waals surface area contributed by atoms with Gasteiger partial charge in [0.15, 0.2) is 11.5 Å². The average Bonchev–Trinajstić information content (AvgIpc) is 2.67. The molecule has 6 heteroatoms. The van der Waals surface area contributed by atoms with Crippen molar-refractivity contribution >= 4 is 5.69 Å². The van der Waals surface area contributed by atoms with Crippen LogP contribution in [0, 0.1) is 5.95 Å². The summed E-state index contributed by atoms with van der Waals surface area (Å²) >= 11 is 0. The summed E-state index contributed by atoms with van der Waals surface area (Å²) in [5.74, 6) is 0.520. The van der Waals surface area contributed by atoms with Crippen LogP contribution in [0.5, 0.6) is 11.5 Å². The molecule has 1 saturated heterocycles. The van der Waals surface area contributed by atoms with Crippen LogP contribution in [0.1, 0.15) is 11.0 Å². The molecule has 2 aliphatic rings. The van der Waals surface area contributed by atoms with E-state index in [-0.39, 0.29) is 13.1 Å². The number of hydrogen-bond donors (Lipinski definition) is 0. The number of halogens is 1. The minimum atomic E-state index is -2.30. The van der Waals surface area contributed by atoms with Crippen molar-refractivity contribution in [2.24, 2.45) is 0 Å². The molecule has 0 radical (unpaired) electrons. The average molecular weight is 333 g/mol. The van der Waals surface area contributed by atoms with Crippen molar-refractivity contribution in [3.05, 3.63) is 48.0 Å². The molecule has 0 amide bonds. The van der Waals surface area contributed by atoms with Crippen LogP contribution in [0.3, 0.4) is 0 Å². The first-order valence-corrected chi connectivity index (χ1v) is 7.82. The molecule has 126 valence electrons. The third kappa shape index (κ3) is 3.28. The fourth-order valence-electron chi connectivity index (χ4n) is 2.70. The largest absolute Gasteiger partial charge is 0.486 e. The van der Waals surface area contributed by atoms with Crippen molar-refractivity contribution in [1.29, 1.82) is 0 Å². The number of piperazine rings is 1. The highest BCUT2D eigenvalue weighted by molar-refractivity contribution is 5.57. The molecule has 0 saturated carbocycles. The summed E-state index contributed by atoms with van der Waals surface area (Å²) in [5.41, 5.74) is 1.15. The Kier molecular flexibility index (Phi) is 3.12. The summed E-state index contributed by atoms with van der Waals surface area (Å²) in [6, 6.07) is 7.85.